The molecule has 0 aliphatic rings. The Hall–Kier alpha value is -1.65. The van der Waals surface area contributed by atoms with E-state index in [1.165, 1.54) is 0 Å². The Kier molecular flexibility index (Phi) is 3.13. The average Bonchev–Trinajstić information content (AvgIpc) is 2.82. The van der Waals surface area contributed by atoms with E-state index in [1.54, 1.807) is 17.5 Å². The third-order valence-electron chi connectivity index (χ3n) is 2.51. The van der Waals surface area contributed by atoms with E-state index in [0.717, 1.165) is 26.1 Å². The maximum absolute atomic E-state index is 6.12. The van der Waals surface area contributed by atoms with Gasteiger partial charge in [-0.15, -0.1) is 0 Å². The van der Waals surface area contributed by atoms with E-state index in [9.17, 15) is 0 Å². The van der Waals surface area contributed by atoms with Gasteiger partial charge in [0, 0.05) is 6.20 Å². The lowest BCUT2D eigenvalue weighted by Gasteiger charge is -2.00. The topological polar surface area (TPSA) is 37.8 Å². The van der Waals surface area contributed by atoms with Crippen LogP contribution >= 0.6 is 22.9 Å². The molecule has 3 aromatic rings. The minimum Gasteiger partial charge on any atom is -0.356 e. The highest BCUT2D eigenvalue weighted by molar-refractivity contribution is 7.22. The molecule has 90 valence electrons. The summed E-state index contributed by atoms with van der Waals surface area (Å²) < 4.78 is 1.02. The lowest BCUT2D eigenvalue weighted by molar-refractivity contribution is 1.04. The summed E-state index contributed by atoms with van der Waals surface area (Å²) in [6, 6.07) is 11.6. The number of rotatable bonds is 3. The fraction of sp³-hybridized carbons (Fsp3) is 0.0769. The van der Waals surface area contributed by atoms with Crippen molar-refractivity contribution < 1.29 is 0 Å². The first kappa shape index (κ1) is 11.4. The normalized spacial score (nSPS) is 10.7. The van der Waals surface area contributed by atoms with Crippen LogP contribution in [0.3, 0.4) is 0 Å². The third-order valence-corrected chi connectivity index (χ3v) is 4.00. The number of anilines is 1. The molecule has 5 heteroatoms. The Bertz CT molecular complexity index is 666. The van der Waals surface area contributed by atoms with Crippen molar-refractivity contribution in [1.29, 1.82) is 0 Å². The maximum Gasteiger partial charge on any atom is 0.184 e. The van der Waals surface area contributed by atoms with Gasteiger partial charge in [-0.1, -0.05) is 35.1 Å². The number of pyridine rings is 1. The first-order valence-electron chi connectivity index (χ1n) is 5.52. The van der Waals surface area contributed by atoms with Gasteiger partial charge in [-0.25, -0.2) is 4.98 Å². The standard InChI is InChI=1S/C13H10ClN3S/c14-10-5-3-6-11-12(10)18-13(17-11)16-8-9-4-1-2-7-15-9/h1-7H,8H2,(H,16,17). The second-order valence-electron chi connectivity index (χ2n) is 3.78. The van der Waals surface area contributed by atoms with Gasteiger partial charge < -0.3 is 5.32 Å². The minimum atomic E-state index is 0.665. The molecule has 0 unspecified atom stereocenters. The number of thiazole rings is 1. The molecule has 3 rings (SSSR count). The predicted octanol–water partition coefficient (Wildman–Crippen LogP) is 3.96. The highest BCUT2D eigenvalue weighted by Crippen LogP contribution is 2.31. The Morgan fingerprint density at radius 3 is 2.89 bits per heavy atom. The molecule has 0 spiro atoms. The van der Waals surface area contributed by atoms with E-state index in [1.807, 2.05) is 36.4 Å². The quantitative estimate of drug-likeness (QED) is 0.786. The largest absolute Gasteiger partial charge is 0.356 e. The predicted molar refractivity (Wildman–Crippen MR) is 76.2 cm³/mol. The zero-order valence-corrected chi connectivity index (χ0v) is 11.0. The molecule has 3 nitrogen and oxygen atoms in total. The van der Waals surface area contributed by atoms with Crippen LogP contribution in [-0.2, 0) is 6.54 Å². The molecule has 0 saturated heterocycles. The molecule has 0 aliphatic carbocycles. The van der Waals surface area contributed by atoms with Gasteiger partial charge in [0.1, 0.15) is 0 Å². The van der Waals surface area contributed by atoms with Crippen LogP contribution in [0.4, 0.5) is 5.13 Å². The smallest absolute Gasteiger partial charge is 0.184 e. The minimum absolute atomic E-state index is 0.665. The maximum atomic E-state index is 6.12. The molecular formula is C13H10ClN3S. The number of hydrogen-bond donors (Lipinski definition) is 1. The van der Waals surface area contributed by atoms with E-state index in [0.29, 0.717) is 6.54 Å². The second kappa shape index (κ2) is 4.92. The van der Waals surface area contributed by atoms with Crippen molar-refractivity contribution in [2.24, 2.45) is 0 Å². The summed E-state index contributed by atoms with van der Waals surface area (Å²) in [4.78, 5) is 8.74. The summed E-state index contributed by atoms with van der Waals surface area (Å²) in [7, 11) is 0. The van der Waals surface area contributed by atoms with E-state index in [4.69, 9.17) is 11.6 Å². The van der Waals surface area contributed by atoms with Gasteiger partial charge in [-0.05, 0) is 24.3 Å². The number of benzene rings is 1. The zero-order chi connectivity index (χ0) is 12.4. The van der Waals surface area contributed by atoms with Gasteiger partial charge in [0.15, 0.2) is 5.13 Å². The SMILES string of the molecule is Clc1cccc2nc(NCc3ccccn3)sc12. The monoisotopic (exact) mass is 275 g/mol. The van der Waals surface area contributed by atoms with Gasteiger partial charge in [-0.2, -0.15) is 0 Å². The molecule has 2 aromatic heterocycles. The van der Waals surface area contributed by atoms with Crippen LogP contribution in [0, 0.1) is 0 Å². The molecule has 0 bridgehead atoms. The van der Waals surface area contributed by atoms with Crippen LogP contribution in [-0.4, -0.2) is 9.97 Å². The summed E-state index contributed by atoms with van der Waals surface area (Å²) in [5, 5.41) is 4.87. The van der Waals surface area contributed by atoms with Crippen molar-refractivity contribution in [1.82, 2.24) is 9.97 Å². The van der Waals surface area contributed by atoms with Gasteiger partial charge in [0.05, 0.1) is 27.5 Å². The molecule has 2 heterocycles. The number of aromatic nitrogens is 2. The summed E-state index contributed by atoms with van der Waals surface area (Å²) in [5.74, 6) is 0. The average molecular weight is 276 g/mol. The van der Waals surface area contributed by atoms with E-state index >= 15 is 0 Å². The molecule has 0 fully saturated rings. The molecular weight excluding hydrogens is 266 g/mol. The number of fused-ring (bicyclic) bond motifs is 1. The molecule has 18 heavy (non-hydrogen) atoms. The summed E-state index contributed by atoms with van der Waals surface area (Å²) in [6.45, 7) is 0.665. The van der Waals surface area contributed by atoms with Crippen molar-refractivity contribution in [3.8, 4) is 0 Å². The summed E-state index contributed by atoms with van der Waals surface area (Å²) in [6.07, 6.45) is 1.78. The van der Waals surface area contributed by atoms with Gasteiger partial charge >= 0.3 is 0 Å². The van der Waals surface area contributed by atoms with E-state index in [-0.39, 0.29) is 0 Å². The summed E-state index contributed by atoms with van der Waals surface area (Å²) >= 11 is 7.68. The van der Waals surface area contributed by atoms with E-state index in [2.05, 4.69) is 15.3 Å². The Morgan fingerprint density at radius 1 is 1.17 bits per heavy atom. The molecule has 0 saturated carbocycles. The molecule has 0 atom stereocenters. The van der Waals surface area contributed by atoms with Crippen molar-refractivity contribution >= 4 is 38.3 Å². The van der Waals surface area contributed by atoms with Crippen LogP contribution < -0.4 is 5.32 Å². The van der Waals surface area contributed by atoms with Crippen molar-refractivity contribution in [2.45, 2.75) is 6.54 Å². The third kappa shape index (κ3) is 2.30. The molecule has 1 N–H and O–H groups in total. The van der Waals surface area contributed by atoms with Crippen LogP contribution in [0.2, 0.25) is 5.02 Å². The van der Waals surface area contributed by atoms with Crippen LogP contribution in [0.25, 0.3) is 10.2 Å². The Labute approximate surface area is 113 Å². The molecule has 1 aromatic carbocycles. The van der Waals surface area contributed by atoms with Gasteiger partial charge in [0.2, 0.25) is 0 Å². The Balaban J connectivity index is 1.81. The van der Waals surface area contributed by atoms with Crippen LogP contribution in [0.15, 0.2) is 42.6 Å². The van der Waals surface area contributed by atoms with Gasteiger partial charge in [-0.3, -0.25) is 4.98 Å². The van der Waals surface area contributed by atoms with E-state index < -0.39 is 0 Å². The van der Waals surface area contributed by atoms with Gasteiger partial charge in [0.25, 0.3) is 0 Å². The highest BCUT2D eigenvalue weighted by Gasteiger charge is 2.06. The first-order valence-corrected chi connectivity index (χ1v) is 6.71. The first-order chi connectivity index (χ1) is 8.83. The highest BCUT2D eigenvalue weighted by atomic mass is 35.5. The van der Waals surface area contributed by atoms with Crippen LogP contribution in [0.1, 0.15) is 5.69 Å². The lowest BCUT2D eigenvalue weighted by Crippen LogP contribution is -2.00. The second-order valence-corrected chi connectivity index (χ2v) is 5.19. The van der Waals surface area contributed by atoms with Crippen molar-refractivity contribution in [3.05, 3.63) is 53.3 Å². The lowest BCUT2D eigenvalue weighted by atomic mass is 10.3. The number of nitrogens with zero attached hydrogens (tertiary/aromatic N) is 2. The fourth-order valence-corrected chi connectivity index (χ4v) is 2.81. The Morgan fingerprint density at radius 2 is 2.11 bits per heavy atom. The number of nitrogens with one attached hydrogen (secondary N) is 1. The van der Waals surface area contributed by atoms with Crippen LogP contribution in [0.5, 0.6) is 0 Å². The van der Waals surface area contributed by atoms with Crippen molar-refractivity contribution in [3.63, 3.8) is 0 Å². The summed E-state index contributed by atoms with van der Waals surface area (Å²) in [5.41, 5.74) is 1.92. The number of halogens is 1. The fourth-order valence-electron chi connectivity index (χ4n) is 1.66. The molecule has 0 radical (unpaired) electrons. The zero-order valence-electron chi connectivity index (χ0n) is 9.43. The van der Waals surface area contributed by atoms with Crippen molar-refractivity contribution in [2.75, 3.05) is 5.32 Å². The molecule has 0 amide bonds. The number of hydrogen-bond acceptors (Lipinski definition) is 4. The molecule has 0 aliphatic heterocycles.